The Hall–Kier alpha value is 0.480. The fraction of sp³-hybridized carbons (Fsp3) is 0.333. The molecule has 0 aliphatic carbocycles. The minimum atomic E-state index is 0. The van der Waals surface area contributed by atoms with Crippen molar-refractivity contribution in [3.63, 3.8) is 0 Å². The van der Waals surface area contributed by atoms with Crippen LogP contribution >= 0.6 is 0 Å². The van der Waals surface area contributed by atoms with Gasteiger partial charge in [-0.05, 0) is 6.92 Å². The third-order valence-corrected chi connectivity index (χ3v) is 0. The molecular weight excluding hydrogens is 144 g/mol. The van der Waals surface area contributed by atoms with Gasteiger partial charge in [-0.1, -0.05) is 6.08 Å². The molecule has 28 valence electrons. The normalized spacial score (nSPS) is 3.25. The third-order valence-electron chi connectivity index (χ3n) is 0. The zero-order valence-corrected chi connectivity index (χ0v) is 4.07. The van der Waals surface area contributed by atoms with E-state index in [0.29, 0.717) is 0 Å². The summed E-state index contributed by atoms with van der Waals surface area (Å²) < 4.78 is 0. The summed E-state index contributed by atoms with van der Waals surface area (Å²) in [6, 6.07) is 0. The van der Waals surface area contributed by atoms with Crippen molar-refractivity contribution < 1.29 is 22.4 Å². The summed E-state index contributed by atoms with van der Waals surface area (Å²) in [6.45, 7) is 5.25. The van der Waals surface area contributed by atoms with Crippen LogP contribution in [0.1, 0.15) is 6.92 Å². The van der Waals surface area contributed by atoms with Gasteiger partial charge in [0.1, 0.15) is 0 Å². The Morgan fingerprint density at radius 1 is 1.75 bits per heavy atom. The van der Waals surface area contributed by atoms with E-state index in [4.69, 9.17) is 0 Å². The first kappa shape index (κ1) is 8.82. The maximum Gasteiger partial charge on any atom is 1.00 e. The summed E-state index contributed by atoms with van der Waals surface area (Å²) in [5.74, 6) is 0. The van der Waals surface area contributed by atoms with Gasteiger partial charge in [0.15, 0.2) is 0 Å². The van der Waals surface area contributed by atoms with Gasteiger partial charge in [-0.3, -0.25) is 0 Å². The number of rotatable bonds is 0. The van der Waals surface area contributed by atoms with E-state index in [1.165, 1.54) is 0 Å². The van der Waals surface area contributed by atoms with Crippen molar-refractivity contribution in [2.75, 3.05) is 0 Å². The molecule has 0 aromatic heterocycles. The van der Waals surface area contributed by atoms with Crippen molar-refractivity contribution in [3.8, 4) is 0 Å². The molecule has 0 bridgehead atoms. The van der Waals surface area contributed by atoms with E-state index < -0.39 is 0 Å². The van der Waals surface area contributed by atoms with E-state index in [1.54, 1.807) is 6.08 Å². The second-order valence-corrected chi connectivity index (χ2v) is 0.408. The Kier molecular flexibility index (Phi) is 21.5. The van der Waals surface area contributed by atoms with E-state index in [0.717, 1.165) is 0 Å². The second-order valence-electron chi connectivity index (χ2n) is 0.408. The van der Waals surface area contributed by atoms with Crippen LogP contribution in [0.3, 0.4) is 0 Å². The van der Waals surface area contributed by atoms with Crippen LogP contribution in [0.4, 0.5) is 0 Å². The fourth-order valence-electron chi connectivity index (χ4n) is 0. The maximum absolute atomic E-state index is 3.36. The van der Waals surface area contributed by atoms with Crippen LogP contribution in [0.15, 0.2) is 12.7 Å². The topological polar surface area (TPSA) is 0 Å². The molecule has 0 nitrogen and oxygen atoms in total. The molecule has 0 fully saturated rings. The van der Waals surface area contributed by atoms with Crippen molar-refractivity contribution in [1.29, 1.82) is 0 Å². The van der Waals surface area contributed by atoms with E-state index in [9.17, 15) is 0 Å². The zero-order chi connectivity index (χ0) is 2.71. The molecule has 0 spiro atoms. The van der Waals surface area contributed by atoms with Crippen LogP contribution in [0, 0.1) is 0 Å². The molecule has 0 aliphatic heterocycles. The van der Waals surface area contributed by atoms with Gasteiger partial charge in [0, 0.05) is 0 Å². The molecule has 0 unspecified atom stereocenters. The van der Waals surface area contributed by atoms with Crippen molar-refractivity contribution in [1.82, 2.24) is 0 Å². The van der Waals surface area contributed by atoms with Gasteiger partial charge in [-0.2, -0.15) is 0 Å². The first-order chi connectivity index (χ1) is 1.41. The van der Waals surface area contributed by atoms with Gasteiger partial charge in [0.05, 0.1) is 0 Å². The summed E-state index contributed by atoms with van der Waals surface area (Å²) in [4.78, 5) is 0. The Labute approximate surface area is 42.4 Å². The molecule has 0 aliphatic rings. The Morgan fingerprint density at radius 2 is 1.75 bits per heavy atom. The summed E-state index contributed by atoms with van der Waals surface area (Å²) >= 11 is 0. The molecule has 0 amide bonds. The van der Waals surface area contributed by atoms with Crippen molar-refractivity contribution in [2.45, 2.75) is 6.92 Å². The van der Waals surface area contributed by atoms with Gasteiger partial charge in [0.2, 0.25) is 0 Å². The predicted octanol–water partition coefficient (Wildman–Crippen LogP) is 1.19. The summed E-state index contributed by atoms with van der Waals surface area (Å²) in [7, 11) is 0. The molecular formula is C3H6Ag+. The molecule has 4 heavy (non-hydrogen) atoms. The number of hydrogen-bond donors (Lipinski definition) is 0. The monoisotopic (exact) mass is 149 g/mol. The second kappa shape index (κ2) is 9.77. The Morgan fingerprint density at radius 3 is 1.75 bits per heavy atom. The van der Waals surface area contributed by atoms with Gasteiger partial charge in [0.25, 0.3) is 0 Å². The minimum Gasteiger partial charge on any atom is -0.103 e. The van der Waals surface area contributed by atoms with Crippen molar-refractivity contribution >= 4 is 0 Å². The average molecular weight is 150 g/mol. The summed E-state index contributed by atoms with van der Waals surface area (Å²) in [5, 5.41) is 0. The van der Waals surface area contributed by atoms with Gasteiger partial charge >= 0.3 is 22.4 Å². The average Bonchev–Trinajstić information content (AvgIpc) is 0.918. The molecule has 0 radical (unpaired) electrons. The molecule has 0 N–H and O–H groups in total. The largest absolute Gasteiger partial charge is 1.00 e. The van der Waals surface area contributed by atoms with E-state index in [2.05, 4.69) is 6.58 Å². The quantitative estimate of drug-likeness (QED) is 0.359. The Balaban J connectivity index is 0. The van der Waals surface area contributed by atoms with Crippen LogP contribution in [0.2, 0.25) is 0 Å². The van der Waals surface area contributed by atoms with E-state index >= 15 is 0 Å². The van der Waals surface area contributed by atoms with Gasteiger partial charge in [-0.15, -0.1) is 6.58 Å². The maximum atomic E-state index is 3.36. The van der Waals surface area contributed by atoms with Crippen LogP contribution in [-0.2, 0) is 22.4 Å². The van der Waals surface area contributed by atoms with Crippen LogP contribution < -0.4 is 0 Å². The van der Waals surface area contributed by atoms with Crippen LogP contribution in [-0.4, -0.2) is 0 Å². The standard InChI is InChI=1S/C3H6.Ag/c1-3-2;/h3H,1H2,2H3;/q;+1. The summed E-state index contributed by atoms with van der Waals surface area (Å²) in [5.41, 5.74) is 0. The number of allylic oxidation sites excluding steroid dienone is 1. The third kappa shape index (κ3) is 23.6. The molecule has 0 saturated carbocycles. The van der Waals surface area contributed by atoms with Crippen molar-refractivity contribution in [3.05, 3.63) is 12.7 Å². The van der Waals surface area contributed by atoms with E-state index in [1.807, 2.05) is 6.92 Å². The first-order valence-electron chi connectivity index (χ1n) is 0.986. The zero-order valence-electron chi connectivity index (χ0n) is 2.59. The minimum absolute atomic E-state index is 0. The van der Waals surface area contributed by atoms with Crippen molar-refractivity contribution in [2.24, 2.45) is 0 Å². The molecule has 0 rings (SSSR count). The molecule has 0 aromatic carbocycles. The van der Waals surface area contributed by atoms with E-state index in [-0.39, 0.29) is 22.4 Å². The van der Waals surface area contributed by atoms with Gasteiger partial charge in [-0.25, -0.2) is 0 Å². The molecule has 0 heterocycles. The number of hydrogen-bond acceptors (Lipinski definition) is 0. The first-order valence-corrected chi connectivity index (χ1v) is 0.986. The smallest absolute Gasteiger partial charge is 0.103 e. The van der Waals surface area contributed by atoms with Gasteiger partial charge < -0.3 is 0 Å². The molecule has 0 saturated heterocycles. The van der Waals surface area contributed by atoms with Crippen LogP contribution in [0.5, 0.6) is 0 Å². The molecule has 0 atom stereocenters. The SMILES string of the molecule is C=CC.[Ag+]. The molecule has 0 aromatic rings. The Bertz CT molecular complexity index is 10.8. The molecule has 1 heteroatoms. The van der Waals surface area contributed by atoms with Crippen LogP contribution in [0.25, 0.3) is 0 Å². The summed E-state index contributed by atoms with van der Waals surface area (Å²) in [6.07, 6.45) is 1.75. The fourth-order valence-corrected chi connectivity index (χ4v) is 0. The predicted molar refractivity (Wildman–Crippen MR) is 15.9 cm³/mol.